The largest absolute Gasteiger partial charge is 0.334 e. The summed E-state index contributed by atoms with van der Waals surface area (Å²) in [6, 6.07) is 4.26. The molecule has 0 aliphatic carbocycles. The summed E-state index contributed by atoms with van der Waals surface area (Å²) in [7, 11) is 0. The molecule has 2 aliphatic rings. The standard InChI is InChI=1S/C14H18BrN3O/c15-12-5-3-6-16-13(12)14(19)18-9-8-17-7-2-1-4-11(17)10-18/h3,5-6,11H,1-2,4,7-10H2. The minimum Gasteiger partial charge on any atom is -0.334 e. The lowest BCUT2D eigenvalue weighted by Crippen LogP contribution is -2.56. The molecular weight excluding hydrogens is 306 g/mol. The summed E-state index contributed by atoms with van der Waals surface area (Å²) in [5.41, 5.74) is 0.534. The van der Waals surface area contributed by atoms with Gasteiger partial charge in [0.05, 0.1) is 0 Å². The Morgan fingerprint density at radius 2 is 2.21 bits per heavy atom. The molecular formula is C14H18BrN3O. The Bertz CT molecular complexity index is 480. The number of carbonyl (C=O) groups is 1. The highest BCUT2D eigenvalue weighted by molar-refractivity contribution is 9.10. The third-order valence-corrected chi connectivity index (χ3v) is 4.73. The smallest absolute Gasteiger partial charge is 0.273 e. The summed E-state index contributed by atoms with van der Waals surface area (Å²) >= 11 is 3.41. The van der Waals surface area contributed by atoms with E-state index in [1.54, 1.807) is 6.20 Å². The molecule has 0 radical (unpaired) electrons. The molecule has 1 aromatic heterocycles. The molecule has 2 saturated heterocycles. The maximum Gasteiger partial charge on any atom is 0.273 e. The third-order valence-electron chi connectivity index (χ3n) is 4.09. The number of pyridine rings is 1. The Kier molecular flexibility index (Phi) is 3.84. The second kappa shape index (κ2) is 5.59. The van der Waals surface area contributed by atoms with E-state index in [4.69, 9.17) is 0 Å². The van der Waals surface area contributed by atoms with Gasteiger partial charge in [-0.25, -0.2) is 4.98 Å². The van der Waals surface area contributed by atoms with E-state index in [1.165, 1.54) is 25.8 Å². The highest BCUT2D eigenvalue weighted by Crippen LogP contribution is 2.23. The van der Waals surface area contributed by atoms with E-state index >= 15 is 0 Å². The lowest BCUT2D eigenvalue weighted by molar-refractivity contribution is 0.0367. The van der Waals surface area contributed by atoms with Gasteiger partial charge in [-0.15, -0.1) is 0 Å². The van der Waals surface area contributed by atoms with Crippen LogP contribution in [0.1, 0.15) is 29.8 Å². The summed E-state index contributed by atoms with van der Waals surface area (Å²) in [6.07, 6.45) is 5.48. The zero-order chi connectivity index (χ0) is 13.2. The molecule has 2 fully saturated rings. The Morgan fingerprint density at radius 3 is 3.05 bits per heavy atom. The van der Waals surface area contributed by atoms with Crippen molar-refractivity contribution in [2.24, 2.45) is 0 Å². The Morgan fingerprint density at radius 1 is 1.32 bits per heavy atom. The number of hydrogen-bond donors (Lipinski definition) is 0. The number of piperidine rings is 1. The van der Waals surface area contributed by atoms with Crippen molar-refractivity contribution in [2.45, 2.75) is 25.3 Å². The highest BCUT2D eigenvalue weighted by atomic mass is 79.9. The SMILES string of the molecule is O=C(c1ncccc1Br)N1CCN2CCCCC2C1. The lowest BCUT2D eigenvalue weighted by atomic mass is 9.99. The van der Waals surface area contributed by atoms with Crippen LogP contribution in [0.3, 0.4) is 0 Å². The van der Waals surface area contributed by atoms with Gasteiger partial charge >= 0.3 is 0 Å². The Balaban J connectivity index is 1.73. The third kappa shape index (κ3) is 2.67. The maximum atomic E-state index is 12.5. The van der Waals surface area contributed by atoms with Crippen molar-refractivity contribution in [1.82, 2.24) is 14.8 Å². The molecule has 3 heterocycles. The summed E-state index contributed by atoms with van der Waals surface area (Å²) in [6.45, 7) is 3.86. The van der Waals surface area contributed by atoms with Crippen LogP contribution in [0, 0.1) is 0 Å². The minimum absolute atomic E-state index is 0.0534. The number of carbonyl (C=O) groups excluding carboxylic acids is 1. The van der Waals surface area contributed by atoms with Crippen LogP contribution in [0.25, 0.3) is 0 Å². The summed E-state index contributed by atoms with van der Waals surface area (Å²) in [5.74, 6) is 0.0534. The van der Waals surface area contributed by atoms with Gasteiger partial charge in [0.25, 0.3) is 5.91 Å². The monoisotopic (exact) mass is 323 g/mol. The van der Waals surface area contributed by atoms with Crippen molar-refractivity contribution in [3.8, 4) is 0 Å². The van der Waals surface area contributed by atoms with Gasteiger partial charge in [0.2, 0.25) is 0 Å². The number of aromatic nitrogens is 1. The van der Waals surface area contributed by atoms with Gasteiger partial charge in [0, 0.05) is 36.3 Å². The van der Waals surface area contributed by atoms with Gasteiger partial charge in [-0.2, -0.15) is 0 Å². The fourth-order valence-corrected chi connectivity index (χ4v) is 3.46. The average Bonchev–Trinajstić information content (AvgIpc) is 2.46. The Labute approximate surface area is 121 Å². The van der Waals surface area contributed by atoms with Crippen molar-refractivity contribution in [3.63, 3.8) is 0 Å². The van der Waals surface area contributed by atoms with Gasteiger partial charge in [0.1, 0.15) is 5.69 Å². The van der Waals surface area contributed by atoms with Crippen LogP contribution >= 0.6 is 15.9 Å². The molecule has 1 amide bonds. The summed E-state index contributed by atoms with van der Waals surface area (Å²) < 4.78 is 0.783. The molecule has 2 aliphatic heterocycles. The van der Waals surface area contributed by atoms with Gasteiger partial charge < -0.3 is 4.90 Å². The number of amides is 1. The number of nitrogens with zero attached hydrogens (tertiary/aromatic N) is 3. The van der Waals surface area contributed by atoms with E-state index in [9.17, 15) is 4.79 Å². The van der Waals surface area contributed by atoms with Crippen molar-refractivity contribution in [3.05, 3.63) is 28.5 Å². The molecule has 0 aromatic carbocycles. The first-order valence-electron chi connectivity index (χ1n) is 6.89. The van der Waals surface area contributed by atoms with Crippen LogP contribution in [0.2, 0.25) is 0 Å². The van der Waals surface area contributed by atoms with Gasteiger partial charge in [-0.05, 0) is 47.4 Å². The number of rotatable bonds is 1. The average molecular weight is 324 g/mol. The molecule has 1 atom stereocenters. The molecule has 3 rings (SSSR count). The molecule has 1 aromatic rings. The molecule has 1 unspecified atom stereocenters. The quantitative estimate of drug-likeness (QED) is 0.794. The molecule has 102 valence electrons. The molecule has 0 saturated carbocycles. The number of halogens is 1. The fourth-order valence-electron chi connectivity index (χ4n) is 3.03. The van der Waals surface area contributed by atoms with Crippen molar-refractivity contribution in [1.29, 1.82) is 0 Å². The van der Waals surface area contributed by atoms with E-state index in [0.717, 1.165) is 24.1 Å². The second-order valence-corrected chi connectivity index (χ2v) is 6.12. The van der Waals surface area contributed by atoms with Crippen LogP contribution in [-0.2, 0) is 0 Å². The summed E-state index contributed by atoms with van der Waals surface area (Å²) in [4.78, 5) is 21.2. The first kappa shape index (κ1) is 13.1. The topological polar surface area (TPSA) is 36.4 Å². The van der Waals surface area contributed by atoms with Crippen LogP contribution in [0.5, 0.6) is 0 Å². The molecule has 0 spiro atoms. The number of fused-ring (bicyclic) bond motifs is 1. The van der Waals surface area contributed by atoms with E-state index < -0.39 is 0 Å². The molecule has 4 nitrogen and oxygen atoms in total. The first-order chi connectivity index (χ1) is 9.25. The molecule has 5 heteroatoms. The summed E-state index contributed by atoms with van der Waals surface area (Å²) in [5, 5.41) is 0. The zero-order valence-corrected chi connectivity index (χ0v) is 12.5. The predicted molar refractivity (Wildman–Crippen MR) is 77.1 cm³/mol. The van der Waals surface area contributed by atoms with E-state index in [2.05, 4.69) is 25.8 Å². The maximum absolute atomic E-state index is 12.5. The van der Waals surface area contributed by atoms with Gasteiger partial charge in [-0.3, -0.25) is 9.69 Å². The lowest BCUT2D eigenvalue weighted by Gasteiger charge is -2.43. The van der Waals surface area contributed by atoms with Gasteiger partial charge in [-0.1, -0.05) is 6.42 Å². The van der Waals surface area contributed by atoms with E-state index in [0.29, 0.717) is 11.7 Å². The van der Waals surface area contributed by atoms with Crippen molar-refractivity contribution < 1.29 is 4.79 Å². The van der Waals surface area contributed by atoms with Crippen molar-refractivity contribution in [2.75, 3.05) is 26.2 Å². The van der Waals surface area contributed by atoms with Crippen LogP contribution in [-0.4, -0.2) is 52.9 Å². The normalized spacial score (nSPS) is 24.1. The number of piperazine rings is 1. The number of hydrogen-bond acceptors (Lipinski definition) is 3. The molecule has 0 N–H and O–H groups in total. The predicted octanol–water partition coefficient (Wildman–Crippen LogP) is 2.15. The first-order valence-corrected chi connectivity index (χ1v) is 7.69. The van der Waals surface area contributed by atoms with Gasteiger partial charge in [0.15, 0.2) is 0 Å². The molecule has 19 heavy (non-hydrogen) atoms. The van der Waals surface area contributed by atoms with E-state index in [1.807, 2.05) is 17.0 Å². The second-order valence-electron chi connectivity index (χ2n) is 5.27. The highest BCUT2D eigenvalue weighted by Gasteiger charge is 2.32. The molecule has 0 bridgehead atoms. The van der Waals surface area contributed by atoms with Crippen LogP contribution in [0.4, 0.5) is 0 Å². The fraction of sp³-hybridized carbons (Fsp3) is 0.571. The van der Waals surface area contributed by atoms with Crippen LogP contribution < -0.4 is 0 Å². The Hall–Kier alpha value is -0.940. The van der Waals surface area contributed by atoms with Crippen LogP contribution in [0.15, 0.2) is 22.8 Å². The minimum atomic E-state index is 0.0534. The van der Waals surface area contributed by atoms with Crippen molar-refractivity contribution >= 4 is 21.8 Å². The van der Waals surface area contributed by atoms with E-state index in [-0.39, 0.29) is 5.91 Å². The zero-order valence-electron chi connectivity index (χ0n) is 10.9.